The second kappa shape index (κ2) is 11.0. The van der Waals surface area contributed by atoms with Gasteiger partial charge in [-0.05, 0) is 54.4 Å². The monoisotopic (exact) mass is 501 g/mol. The highest BCUT2D eigenvalue weighted by molar-refractivity contribution is 6.46. The fraction of sp³-hybridized carbons (Fsp3) is 0.207. The van der Waals surface area contributed by atoms with Gasteiger partial charge in [0, 0.05) is 12.1 Å². The van der Waals surface area contributed by atoms with Gasteiger partial charge in [-0.1, -0.05) is 36.4 Å². The van der Waals surface area contributed by atoms with Crippen LogP contribution in [-0.2, 0) is 20.9 Å². The van der Waals surface area contributed by atoms with E-state index in [9.17, 15) is 19.5 Å². The SMILES string of the molecule is CCOc1cccc(/C(O)=C2\C(=O)C(=O)N(Cc3ccc(C(=O)OC)cc3)C2c2ccc(OC)cc2)c1. The molecule has 1 amide bonds. The fourth-order valence-corrected chi connectivity index (χ4v) is 4.29. The van der Waals surface area contributed by atoms with Gasteiger partial charge in [0.1, 0.15) is 17.3 Å². The van der Waals surface area contributed by atoms with Gasteiger partial charge < -0.3 is 24.2 Å². The minimum absolute atomic E-state index is 0.0185. The number of aliphatic hydroxyl groups excluding tert-OH is 1. The van der Waals surface area contributed by atoms with E-state index in [1.165, 1.54) is 12.0 Å². The Hall–Kier alpha value is -4.59. The maximum atomic E-state index is 13.3. The molecule has 1 aliphatic rings. The van der Waals surface area contributed by atoms with Gasteiger partial charge in [0.25, 0.3) is 11.7 Å². The Kier molecular flexibility index (Phi) is 7.57. The first-order valence-electron chi connectivity index (χ1n) is 11.7. The Morgan fingerprint density at radius 2 is 1.62 bits per heavy atom. The highest BCUT2D eigenvalue weighted by Crippen LogP contribution is 2.41. The zero-order valence-electron chi connectivity index (χ0n) is 20.8. The van der Waals surface area contributed by atoms with Crippen LogP contribution in [0, 0.1) is 0 Å². The van der Waals surface area contributed by atoms with Crippen LogP contribution in [0.4, 0.5) is 0 Å². The third kappa shape index (κ3) is 5.18. The van der Waals surface area contributed by atoms with Crippen LogP contribution < -0.4 is 9.47 Å². The lowest BCUT2D eigenvalue weighted by atomic mass is 9.95. The molecule has 3 aromatic rings. The molecule has 0 saturated carbocycles. The summed E-state index contributed by atoms with van der Waals surface area (Å²) in [6.07, 6.45) is 0. The number of esters is 1. The normalized spacial score (nSPS) is 16.5. The van der Waals surface area contributed by atoms with Gasteiger partial charge in [-0.3, -0.25) is 9.59 Å². The van der Waals surface area contributed by atoms with Gasteiger partial charge in [0.05, 0.1) is 38.0 Å². The summed E-state index contributed by atoms with van der Waals surface area (Å²) in [4.78, 5) is 39.8. The van der Waals surface area contributed by atoms with Crippen LogP contribution in [0.15, 0.2) is 78.4 Å². The number of nitrogens with zero attached hydrogens (tertiary/aromatic N) is 1. The number of amides is 1. The first-order valence-corrected chi connectivity index (χ1v) is 11.7. The van der Waals surface area contributed by atoms with Crippen LogP contribution >= 0.6 is 0 Å². The number of ketones is 1. The summed E-state index contributed by atoms with van der Waals surface area (Å²) in [6, 6.07) is 19.5. The molecule has 1 unspecified atom stereocenters. The molecule has 0 spiro atoms. The van der Waals surface area contributed by atoms with Crippen molar-refractivity contribution in [2.24, 2.45) is 0 Å². The van der Waals surface area contributed by atoms with Crippen molar-refractivity contribution < 1.29 is 33.7 Å². The van der Waals surface area contributed by atoms with Crippen molar-refractivity contribution in [3.63, 3.8) is 0 Å². The molecular weight excluding hydrogens is 474 g/mol. The zero-order valence-corrected chi connectivity index (χ0v) is 20.8. The molecule has 0 aromatic heterocycles. The average molecular weight is 502 g/mol. The van der Waals surface area contributed by atoms with Crippen LogP contribution in [0.25, 0.3) is 5.76 Å². The lowest BCUT2D eigenvalue weighted by Crippen LogP contribution is -2.29. The maximum absolute atomic E-state index is 13.3. The first-order chi connectivity index (χ1) is 17.9. The van der Waals surface area contributed by atoms with Crippen molar-refractivity contribution in [1.29, 1.82) is 0 Å². The number of carbonyl (C=O) groups excluding carboxylic acids is 3. The van der Waals surface area contributed by atoms with Crippen molar-refractivity contribution in [1.82, 2.24) is 4.90 Å². The van der Waals surface area contributed by atoms with E-state index >= 15 is 0 Å². The van der Waals surface area contributed by atoms with Crippen molar-refractivity contribution in [2.75, 3.05) is 20.8 Å². The Morgan fingerprint density at radius 1 is 0.919 bits per heavy atom. The van der Waals surface area contributed by atoms with Gasteiger partial charge in [-0.25, -0.2) is 4.79 Å². The number of benzene rings is 3. The smallest absolute Gasteiger partial charge is 0.337 e. The number of hydrogen-bond donors (Lipinski definition) is 1. The summed E-state index contributed by atoms with van der Waals surface area (Å²) < 4.78 is 15.5. The fourth-order valence-electron chi connectivity index (χ4n) is 4.29. The number of Topliss-reactive ketones (excluding diaryl/α,β-unsaturated/α-hetero) is 1. The van der Waals surface area contributed by atoms with Crippen molar-refractivity contribution in [3.8, 4) is 11.5 Å². The molecule has 0 aliphatic carbocycles. The van der Waals surface area contributed by atoms with E-state index in [0.717, 1.165) is 0 Å². The minimum Gasteiger partial charge on any atom is -0.507 e. The van der Waals surface area contributed by atoms with Crippen LogP contribution in [0.3, 0.4) is 0 Å². The molecule has 190 valence electrons. The van der Waals surface area contributed by atoms with E-state index in [0.29, 0.717) is 40.4 Å². The molecule has 0 bridgehead atoms. The van der Waals surface area contributed by atoms with Crippen molar-refractivity contribution in [3.05, 3.63) is 101 Å². The summed E-state index contributed by atoms with van der Waals surface area (Å²) in [5, 5.41) is 11.3. The highest BCUT2D eigenvalue weighted by Gasteiger charge is 2.46. The third-order valence-corrected chi connectivity index (χ3v) is 6.12. The van der Waals surface area contributed by atoms with E-state index in [2.05, 4.69) is 0 Å². The molecule has 1 heterocycles. The van der Waals surface area contributed by atoms with Gasteiger partial charge >= 0.3 is 5.97 Å². The number of hydrogen-bond acceptors (Lipinski definition) is 7. The number of aliphatic hydroxyl groups is 1. The summed E-state index contributed by atoms with van der Waals surface area (Å²) in [5.74, 6) is -1.13. The lowest BCUT2D eigenvalue weighted by Gasteiger charge is -2.25. The van der Waals surface area contributed by atoms with Gasteiger partial charge in [-0.15, -0.1) is 0 Å². The molecule has 4 rings (SSSR count). The first kappa shape index (κ1) is 25.5. The van der Waals surface area contributed by atoms with Gasteiger partial charge in [-0.2, -0.15) is 0 Å². The molecule has 1 N–H and O–H groups in total. The molecule has 1 fully saturated rings. The van der Waals surface area contributed by atoms with E-state index in [4.69, 9.17) is 14.2 Å². The quantitative estimate of drug-likeness (QED) is 0.210. The molecule has 8 nitrogen and oxygen atoms in total. The number of rotatable bonds is 8. The largest absolute Gasteiger partial charge is 0.507 e. The van der Waals surface area contributed by atoms with E-state index in [-0.39, 0.29) is 17.9 Å². The number of methoxy groups -OCH3 is 2. The number of carbonyl (C=O) groups is 3. The summed E-state index contributed by atoms with van der Waals surface area (Å²) in [7, 11) is 2.85. The van der Waals surface area contributed by atoms with Gasteiger partial charge in [0.2, 0.25) is 0 Å². The second-order valence-electron chi connectivity index (χ2n) is 8.35. The van der Waals surface area contributed by atoms with Gasteiger partial charge in [0.15, 0.2) is 0 Å². The Balaban J connectivity index is 1.79. The molecule has 0 radical (unpaired) electrons. The van der Waals surface area contributed by atoms with Crippen LogP contribution in [0.1, 0.15) is 40.0 Å². The molecule has 1 atom stereocenters. The number of likely N-dealkylation sites (tertiary alicyclic amines) is 1. The molecule has 37 heavy (non-hydrogen) atoms. The predicted octanol–water partition coefficient (Wildman–Crippen LogP) is 4.50. The van der Waals surface area contributed by atoms with Crippen LogP contribution in [-0.4, -0.2) is 48.5 Å². The standard InChI is InChI=1S/C29H27NO7/c1-4-37-23-7-5-6-21(16-23)26(31)24-25(19-12-14-22(35-2)15-13-19)30(28(33)27(24)32)17-18-8-10-20(11-9-18)29(34)36-3/h5-16,25,31H,4,17H2,1-3H3/b26-24+. The highest BCUT2D eigenvalue weighted by atomic mass is 16.5. The third-order valence-electron chi connectivity index (χ3n) is 6.12. The Morgan fingerprint density at radius 3 is 2.24 bits per heavy atom. The van der Waals surface area contributed by atoms with E-state index < -0.39 is 23.7 Å². The Labute approximate surface area is 214 Å². The lowest BCUT2D eigenvalue weighted by molar-refractivity contribution is -0.140. The topological polar surface area (TPSA) is 102 Å². The summed E-state index contributed by atoms with van der Waals surface area (Å²) in [6.45, 7) is 2.37. The molecule has 3 aromatic carbocycles. The average Bonchev–Trinajstić information content (AvgIpc) is 3.18. The van der Waals surface area contributed by atoms with Crippen LogP contribution in [0.2, 0.25) is 0 Å². The minimum atomic E-state index is -0.845. The molecule has 8 heteroatoms. The second-order valence-corrected chi connectivity index (χ2v) is 8.35. The van der Waals surface area contributed by atoms with E-state index in [1.807, 2.05) is 6.92 Å². The van der Waals surface area contributed by atoms with Crippen LogP contribution in [0.5, 0.6) is 11.5 Å². The Bertz CT molecular complexity index is 1340. The molecule has 1 aliphatic heterocycles. The van der Waals surface area contributed by atoms with Crippen molar-refractivity contribution >= 4 is 23.4 Å². The molecule has 1 saturated heterocycles. The molecular formula is C29H27NO7. The van der Waals surface area contributed by atoms with E-state index in [1.54, 1.807) is 79.9 Å². The summed E-state index contributed by atoms with van der Waals surface area (Å²) in [5.41, 5.74) is 2.05. The maximum Gasteiger partial charge on any atom is 0.337 e. The van der Waals surface area contributed by atoms with Crippen molar-refractivity contribution in [2.45, 2.75) is 19.5 Å². The number of ether oxygens (including phenoxy) is 3. The predicted molar refractivity (Wildman–Crippen MR) is 136 cm³/mol. The summed E-state index contributed by atoms with van der Waals surface area (Å²) >= 11 is 0. The zero-order chi connectivity index (χ0) is 26.5.